The lowest BCUT2D eigenvalue weighted by atomic mass is 10.1. The van der Waals surface area contributed by atoms with Crippen molar-refractivity contribution in [3.63, 3.8) is 0 Å². The molecule has 3 heteroatoms. The summed E-state index contributed by atoms with van der Waals surface area (Å²) in [5, 5.41) is 0. The van der Waals surface area contributed by atoms with Crippen molar-refractivity contribution in [2.75, 3.05) is 31.6 Å². The third-order valence-corrected chi connectivity index (χ3v) is 3.54. The summed E-state index contributed by atoms with van der Waals surface area (Å²) in [4.78, 5) is 2.57. The van der Waals surface area contributed by atoms with Crippen molar-refractivity contribution < 1.29 is 0 Å². The van der Waals surface area contributed by atoms with E-state index in [1.807, 2.05) is 11.8 Å². The Morgan fingerprint density at radius 2 is 2.38 bits per heavy atom. The summed E-state index contributed by atoms with van der Waals surface area (Å²) >= 11 is 1.92. The summed E-state index contributed by atoms with van der Waals surface area (Å²) < 4.78 is 0. The second-order valence-electron chi connectivity index (χ2n) is 4.06. The van der Waals surface area contributed by atoms with Crippen LogP contribution in [0.3, 0.4) is 0 Å². The molecule has 1 aliphatic rings. The molecule has 13 heavy (non-hydrogen) atoms. The fourth-order valence-corrected chi connectivity index (χ4v) is 2.51. The van der Waals surface area contributed by atoms with Crippen molar-refractivity contribution in [2.45, 2.75) is 25.8 Å². The molecule has 0 aromatic heterocycles. The summed E-state index contributed by atoms with van der Waals surface area (Å²) in [5.41, 5.74) is 5.79. The molecule has 2 nitrogen and oxygen atoms in total. The molecule has 1 aliphatic heterocycles. The van der Waals surface area contributed by atoms with Crippen LogP contribution in [0.15, 0.2) is 0 Å². The quantitative estimate of drug-likeness (QED) is 0.731. The molecular formula is C10H22N2S. The normalized spacial score (nSPS) is 26.5. The van der Waals surface area contributed by atoms with E-state index in [9.17, 15) is 0 Å². The lowest BCUT2D eigenvalue weighted by molar-refractivity contribution is 0.236. The summed E-state index contributed by atoms with van der Waals surface area (Å²) in [7, 11) is 0. The number of thioether (sulfide) groups is 1. The number of likely N-dealkylation sites (tertiary alicyclic amines) is 1. The van der Waals surface area contributed by atoms with Crippen molar-refractivity contribution in [3.8, 4) is 0 Å². The first-order valence-electron chi connectivity index (χ1n) is 5.21. The van der Waals surface area contributed by atoms with Gasteiger partial charge in [-0.1, -0.05) is 6.92 Å². The fourth-order valence-electron chi connectivity index (χ4n) is 2.00. The van der Waals surface area contributed by atoms with E-state index < -0.39 is 0 Å². The number of nitrogens with two attached hydrogens (primary N) is 1. The van der Waals surface area contributed by atoms with Crippen molar-refractivity contribution in [1.82, 2.24) is 4.90 Å². The van der Waals surface area contributed by atoms with Gasteiger partial charge in [-0.2, -0.15) is 11.8 Å². The average molecular weight is 202 g/mol. The van der Waals surface area contributed by atoms with E-state index in [0.29, 0.717) is 6.04 Å². The van der Waals surface area contributed by atoms with Crippen LogP contribution in [0.1, 0.15) is 19.8 Å². The molecule has 1 fully saturated rings. The van der Waals surface area contributed by atoms with Gasteiger partial charge >= 0.3 is 0 Å². The minimum atomic E-state index is 0.636. The number of rotatable bonds is 5. The second kappa shape index (κ2) is 5.89. The van der Waals surface area contributed by atoms with Gasteiger partial charge in [-0.05, 0) is 37.3 Å². The van der Waals surface area contributed by atoms with Crippen LogP contribution in [0.25, 0.3) is 0 Å². The van der Waals surface area contributed by atoms with Crippen LogP contribution in [0.2, 0.25) is 0 Å². The van der Waals surface area contributed by atoms with E-state index in [1.54, 1.807) is 0 Å². The van der Waals surface area contributed by atoms with Gasteiger partial charge in [-0.15, -0.1) is 0 Å². The van der Waals surface area contributed by atoms with E-state index in [2.05, 4.69) is 18.1 Å². The highest BCUT2D eigenvalue weighted by Crippen LogP contribution is 2.19. The van der Waals surface area contributed by atoms with Gasteiger partial charge in [0.15, 0.2) is 0 Å². The van der Waals surface area contributed by atoms with Crippen LogP contribution < -0.4 is 5.73 Å². The zero-order valence-electron chi connectivity index (χ0n) is 8.83. The van der Waals surface area contributed by atoms with Gasteiger partial charge in [0.25, 0.3) is 0 Å². The number of hydrogen-bond donors (Lipinski definition) is 1. The monoisotopic (exact) mass is 202 g/mol. The molecule has 1 heterocycles. The van der Waals surface area contributed by atoms with Crippen LogP contribution in [0, 0.1) is 5.92 Å². The lowest BCUT2D eigenvalue weighted by Gasteiger charge is -2.26. The standard InChI is InChI=1S/C10H22N2S/c1-9-3-5-12(8-9)10(7-11)4-6-13-2/h9-10H,3-8,11H2,1-2H3. The number of nitrogens with zero attached hydrogens (tertiary/aromatic N) is 1. The third-order valence-electron chi connectivity index (χ3n) is 2.90. The molecule has 0 bridgehead atoms. The van der Waals surface area contributed by atoms with Gasteiger partial charge in [-0.3, -0.25) is 4.90 Å². The first-order valence-corrected chi connectivity index (χ1v) is 6.60. The maximum absolute atomic E-state index is 5.79. The van der Waals surface area contributed by atoms with E-state index in [1.165, 1.54) is 31.7 Å². The molecule has 1 rings (SSSR count). The van der Waals surface area contributed by atoms with Crippen molar-refractivity contribution in [3.05, 3.63) is 0 Å². The predicted molar refractivity (Wildman–Crippen MR) is 61.2 cm³/mol. The molecule has 0 aromatic rings. The molecule has 2 N–H and O–H groups in total. The molecule has 2 atom stereocenters. The summed E-state index contributed by atoms with van der Waals surface area (Å²) in [6, 6.07) is 0.636. The Morgan fingerprint density at radius 3 is 2.85 bits per heavy atom. The molecule has 2 unspecified atom stereocenters. The molecule has 1 saturated heterocycles. The SMILES string of the molecule is CSCCC(CN)N1CCC(C)C1. The largest absolute Gasteiger partial charge is 0.329 e. The zero-order chi connectivity index (χ0) is 9.68. The molecule has 0 amide bonds. The van der Waals surface area contributed by atoms with Gasteiger partial charge in [0.1, 0.15) is 0 Å². The Balaban J connectivity index is 2.29. The van der Waals surface area contributed by atoms with Crippen molar-refractivity contribution in [2.24, 2.45) is 11.7 Å². The van der Waals surface area contributed by atoms with Crippen LogP contribution in [-0.4, -0.2) is 42.6 Å². The zero-order valence-corrected chi connectivity index (χ0v) is 9.65. The summed E-state index contributed by atoms with van der Waals surface area (Å²) in [6.45, 7) is 5.68. The molecule has 0 radical (unpaired) electrons. The minimum Gasteiger partial charge on any atom is -0.329 e. The van der Waals surface area contributed by atoms with Gasteiger partial charge in [0, 0.05) is 19.1 Å². The van der Waals surface area contributed by atoms with Crippen molar-refractivity contribution in [1.29, 1.82) is 0 Å². The summed E-state index contributed by atoms with van der Waals surface area (Å²) in [5.74, 6) is 2.12. The molecule has 78 valence electrons. The fraction of sp³-hybridized carbons (Fsp3) is 1.00. The average Bonchev–Trinajstić information content (AvgIpc) is 2.54. The highest BCUT2D eigenvalue weighted by Gasteiger charge is 2.24. The topological polar surface area (TPSA) is 29.3 Å². The van der Waals surface area contributed by atoms with E-state index in [0.717, 1.165) is 12.5 Å². The minimum absolute atomic E-state index is 0.636. The van der Waals surface area contributed by atoms with E-state index in [-0.39, 0.29) is 0 Å². The first-order chi connectivity index (χ1) is 6.27. The highest BCUT2D eigenvalue weighted by molar-refractivity contribution is 7.98. The Labute approximate surface area is 86.2 Å². The van der Waals surface area contributed by atoms with Crippen LogP contribution in [0.4, 0.5) is 0 Å². The Hall–Kier alpha value is 0.270. The highest BCUT2D eigenvalue weighted by atomic mass is 32.2. The second-order valence-corrected chi connectivity index (χ2v) is 5.05. The maximum atomic E-state index is 5.79. The molecule has 0 aromatic carbocycles. The van der Waals surface area contributed by atoms with Crippen molar-refractivity contribution >= 4 is 11.8 Å². The smallest absolute Gasteiger partial charge is 0.0226 e. The Kier molecular flexibility index (Phi) is 5.14. The predicted octanol–water partition coefficient (Wildman–Crippen LogP) is 1.41. The van der Waals surface area contributed by atoms with E-state index in [4.69, 9.17) is 5.73 Å². The van der Waals surface area contributed by atoms with Crippen LogP contribution in [-0.2, 0) is 0 Å². The Morgan fingerprint density at radius 1 is 1.62 bits per heavy atom. The Bertz CT molecular complexity index is 141. The van der Waals surface area contributed by atoms with Gasteiger partial charge < -0.3 is 5.73 Å². The maximum Gasteiger partial charge on any atom is 0.0226 e. The van der Waals surface area contributed by atoms with Gasteiger partial charge in [0.2, 0.25) is 0 Å². The lowest BCUT2D eigenvalue weighted by Crippen LogP contribution is -2.39. The van der Waals surface area contributed by atoms with Gasteiger partial charge in [-0.25, -0.2) is 0 Å². The van der Waals surface area contributed by atoms with Crippen LogP contribution in [0.5, 0.6) is 0 Å². The third kappa shape index (κ3) is 3.49. The van der Waals surface area contributed by atoms with Crippen LogP contribution >= 0.6 is 11.8 Å². The molecule has 0 spiro atoms. The molecular weight excluding hydrogens is 180 g/mol. The first kappa shape index (κ1) is 11.3. The molecule has 0 saturated carbocycles. The van der Waals surface area contributed by atoms with E-state index >= 15 is 0 Å². The molecule has 0 aliphatic carbocycles. The summed E-state index contributed by atoms with van der Waals surface area (Å²) in [6.07, 6.45) is 4.78. The number of hydrogen-bond acceptors (Lipinski definition) is 3. The van der Waals surface area contributed by atoms with Gasteiger partial charge in [0.05, 0.1) is 0 Å².